The summed E-state index contributed by atoms with van der Waals surface area (Å²) in [6, 6.07) is 3.91. The molecule has 120 valence electrons. The molecule has 0 saturated heterocycles. The summed E-state index contributed by atoms with van der Waals surface area (Å²) < 4.78 is 0. The van der Waals surface area contributed by atoms with Gasteiger partial charge in [0.25, 0.3) is 5.91 Å². The van der Waals surface area contributed by atoms with Gasteiger partial charge in [-0.15, -0.1) is 0 Å². The van der Waals surface area contributed by atoms with Crippen molar-refractivity contribution in [1.29, 1.82) is 0 Å². The molecule has 0 spiro atoms. The molecule has 1 aromatic rings. The first-order valence-corrected chi connectivity index (χ1v) is 8.00. The van der Waals surface area contributed by atoms with Gasteiger partial charge in [-0.2, -0.15) is 0 Å². The minimum atomic E-state index is -0.140. The van der Waals surface area contributed by atoms with Crippen LogP contribution in [0.1, 0.15) is 48.9 Å². The van der Waals surface area contributed by atoms with Gasteiger partial charge in [-0.3, -0.25) is 14.8 Å². The summed E-state index contributed by atoms with van der Waals surface area (Å²) in [6.45, 7) is 0.929. The van der Waals surface area contributed by atoms with E-state index in [-0.39, 0.29) is 5.91 Å². The van der Waals surface area contributed by atoms with E-state index < -0.39 is 0 Å². The van der Waals surface area contributed by atoms with E-state index in [1.54, 1.807) is 24.5 Å². The molecule has 0 aliphatic heterocycles. The number of hydrogen-bond acceptors (Lipinski definition) is 3. The first kappa shape index (κ1) is 16.3. The van der Waals surface area contributed by atoms with Crippen LogP contribution in [-0.2, 0) is 0 Å². The summed E-state index contributed by atoms with van der Waals surface area (Å²) in [6.07, 6.45) is 10.6. The third-order valence-corrected chi connectivity index (χ3v) is 3.81. The van der Waals surface area contributed by atoms with Crippen molar-refractivity contribution in [2.75, 3.05) is 13.1 Å². The van der Waals surface area contributed by atoms with Gasteiger partial charge in [-0.1, -0.05) is 25.7 Å². The van der Waals surface area contributed by atoms with Crippen molar-refractivity contribution in [2.24, 2.45) is 10.7 Å². The van der Waals surface area contributed by atoms with E-state index in [0.29, 0.717) is 30.7 Å². The zero-order chi connectivity index (χ0) is 15.6. The van der Waals surface area contributed by atoms with E-state index in [9.17, 15) is 4.79 Å². The van der Waals surface area contributed by atoms with Crippen molar-refractivity contribution in [3.63, 3.8) is 0 Å². The maximum atomic E-state index is 11.8. The number of hydrogen-bond donors (Lipinski definition) is 3. The topological polar surface area (TPSA) is 92.4 Å². The van der Waals surface area contributed by atoms with Gasteiger partial charge in [0, 0.05) is 25.0 Å². The summed E-state index contributed by atoms with van der Waals surface area (Å²) in [5, 5.41) is 6.08. The van der Waals surface area contributed by atoms with Gasteiger partial charge in [0.1, 0.15) is 0 Å². The highest BCUT2D eigenvalue weighted by Crippen LogP contribution is 2.16. The zero-order valence-corrected chi connectivity index (χ0v) is 12.9. The van der Waals surface area contributed by atoms with Crippen molar-refractivity contribution in [2.45, 2.75) is 44.6 Å². The summed E-state index contributed by atoms with van der Waals surface area (Å²) in [4.78, 5) is 20.0. The monoisotopic (exact) mass is 303 g/mol. The Balaban J connectivity index is 1.67. The Morgan fingerprint density at radius 1 is 1.32 bits per heavy atom. The number of carbonyl (C=O) groups excluding carboxylic acids is 1. The standard InChI is InChI=1S/C16H25N5O/c17-16(21-14-7-3-1-2-4-8-14)20-11-10-19-15(22)13-6-5-9-18-12-13/h5-6,9,12,14H,1-4,7-8,10-11H2,(H,19,22)(H3,17,20,21). The smallest absolute Gasteiger partial charge is 0.252 e. The van der Waals surface area contributed by atoms with E-state index in [1.807, 2.05) is 0 Å². The third kappa shape index (κ3) is 5.71. The number of amides is 1. The molecule has 1 saturated carbocycles. The van der Waals surface area contributed by atoms with Crippen LogP contribution >= 0.6 is 0 Å². The number of guanidine groups is 1. The minimum Gasteiger partial charge on any atom is -0.370 e. The number of rotatable bonds is 5. The average Bonchev–Trinajstić information content (AvgIpc) is 2.81. The maximum absolute atomic E-state index is 11.8. The van der Waals surface area contributed by atoms with Gasteiger partial charge in [0.15, 0.2) is 5.96 Å². The van der Waals surface area contributed by atoms with Gasteiger partial charge in [-0.05, 0) is 25.0 Å². The number of aromatic nitrogens is 1. The van der Waals surface area contributed by atoms with Crippen molar-refractivity contribution in [3.05, 3.63) is 30.1 Å². The molecule has 0 atom stereocenters. The van der Waals surface area contributed by atoms with E-state index in [2.05, 4.69) is 20.6 Å². The van der Waals surface area contributed by atoms with Crippen LogP contribution in [-0.4, -0.2) is 36.0 Å². The molecule has 2 rings (SSSR count). The first-order chi connectivity index (χ1) is 10.8. The average molecular weight is 303 g/mol. The van der Waals surface area contributed by atoms with Crippen LogP contribution < -0.4 is 16.4 Å². The Labute approximate surface area is 131 Å². The normalized spacial score (nSPS) is 16.8. The predicted octanol–water partition coefficient (Wildman–Crippen LogP) is 1.44. The van der Waals surface area contributed by atoms with Crippen LogP contribution in [0.2, 0.25) is 0 Å². The summed E-state index contributed by atoms with van der Waals surface area (Å²) in [5.74, 6) is 0.334. The largest absolute Gasteiger partial charge is 0.370 e. The highest BCUT2D eigenvalue weighted by Gasteiger charge is 2.12. The lowest BCUT2D eigenvalue weighted by atomic mass is 10.1. The third-order valence-electron chi connectivity index (χ3n) is 3.81. The maximum Gasteiger partial charge on any atom is 0.252 e. The van der Waals surface area contributed by atoms with E-state index in [4.69, 9.17) is 5.73 Å². The quantitative estimate of drug-likeness (QED) is 0.332. The predicted molar refractivity (Wildman–Crippen MR) is 87.7 cm³/mol. The Kier molecular flexibility index (Phi) is 6.67. The van der Waals surface area contributed by atoms with Gasteiger partial charge in [0.05, 0.1) is 12.1 Å². The highest BCUT2D eigenvalue weighted by atomic mass is 16.1. The van der Waals surface area contributed by atoms with E-state index in [0.717, 1.165) is 12.8 Å². The molecule has 6 nitrogen and oxygen atoms in total. The molecule has 1 fully saturated rings. The molecule has 0 unspecified atom stereocenters. The Bertz CT molecular complexity index is 481. The van der Waals surface area contributed by atoms with Crippen LogP contribution in [0.3, 0.4) is 0 Å². The van der Waals surface area contributed by atoms with Gasteiger partial charge in [-0.25, -0.2) is 0 Å². The second-order valence-electron chi connectivity index (χ2n) is 5.60. The molecule has 22 heavy (non-hydrogen) atoms. The van der Waals surface area contributed by atoms with Gasteiger partial charge >= 0.3 is 0 Å². The molecule has 1 heterocycles. The molecular formula is C16H25N5O. The summed E-state index contributed by atoms with van der Waals surface area (Å²) in [7, 11) is 0. The lowest BCUT2D eigenvalue weighted by molar-refractivity contribution is 0.0954. The molecule has 1 aromatic heterocycles. The molecule has 1 aliphatic carbocycles. The van der Waals surface area contributed by atoms with Crippen LogP contribution in [0.15, 0.2) is 29.5 Å². The Hall–Kier alpha value is -2.11. The molecular weight excluding hydrogens is 278 g/mol. The minimum absolute atomic E-state index is 0.140. The fourth-order valence-corrected chi connectivity index (χ4v) is 2.62. The fraction of sp³-hybridized carbons (Fsp3) is 0.562. The molecule has 4 N–H and O–H groups in total. The van der Waals surface area contributed by atoms with Crippen molar-refractivity contribution < 1.29 is 4.79 Å². The summed E-state index contributed by atoms with van der Waals surface area (Å²) >= 11 is 0. The molecule has 0 aromatic carbocycles. The van der Waals surface area contributed by atoms with Gasteiger partial charge < -0.3 is 16.4 Å². The molecule has 1 amide bonds. The second kappa shape index (κ2) is 9.02. The van der Waals surface area contributed by atoms with Crippen LogP contribution in [0.4, 0.5) is 0 Å². The molecule has 0 bridgehead atoms. The number of nitrogens with two attached hydrogens (primary N) is 1. The van der Waals surface area contributed by atoms with E-state index in [1.165, 1.54) is 25.7 Å². The molecule has 1 aliphatic rings. The molecule has 6 heteroatoms. The van der Waals surface area contributed by atoms with Gasteiger partial charge in [0.2, 0.25) is 0 Å². The van der Waals surface area contributed by atoms with Crippen LogP contribution in [0, 0.1) is 0 Å². The SMILES string of the molecule is NC(=NCCNC(=O)c1cccnc1)NC1CCCCCC1. The van der Waals surface area contributed by atoms with Crippen LogP contribution in [0.25, 0.3) is 0 Å². The first-order valence-electron chi connectivity index (χ1n) is 8.00. The number of aliphatic imine (C=N–C) groups is 1. The van der Waals surface area contributed by atoms with Crippen molar-refractivity contribution in [3.8, 4) is 0 Å². The number of nitrogens with zero attached hydrogens (tertiary/aromatic N) is 2. The second-order valence-corrected chi connectivity index (χ2v) is 5.60. The highest BCUT2D eigenvalue weighted by molar-refractivity contribution is 5.93. The lowest BCUT2D eigenvalue weighted by Gasteiger charge is -2.16. The van der Waals surface area contributed by atoms with E-state index >= 15 is 0 Å². The Morgan fingerprint density at radius 2 is 2.09 bits per heavy atom. The Morgan fingerprint density at radius 3 is 2.77 bits per heavy atom. The van der Waals surface area contributed by atoms with Crippen molar-refractivity contribution in [1.82, 2.24) is 15.6 Å². The van der Waals surface area contributed by atoms with Crippen molar-refractivity contribution >= 4 is 11.9 Å². The summed E-state index contributed by atoms with van der Waals surface area (Å²) in [5.41, 5.74) is 6.45. The fourth-order valence-electron chi connectivity index (χ4n) is 2.62. The number of pyridine rings is 1. The zero-order valence-electron chi connectivity index (χ0n) is 12.9. The van der Waals surface area contributed by atoms with Crippen LogP contribution in [0.5, 0.6) is 0 Å². The number of nitrogens with one attached hydrogen (secondary N) is 2. The molecule has 0 radical (unpaired) electrons. The number of carbonyl (C=O) groups is 1. The lowest BCUT2D eigenvalue weighted by Crippen LogP contribution is -2.40.